The Morgan fingerprint density at radius 2 is 1.79 bits per heavy atom. The van der Waals surface area contributed by atoms with Gasteiger partial charge in [0.05, 0.1) is 6.54 Å². The molecule has 1 atom stereocenters. The van der Waals surface area contributed by atoms with E-state index in [1.807, 2.05) is 30.3 Å². The van der Waals surface area contributed by atoms with Crippen molar-refractivity contribution in [2.24, 2.45) is 0 Å². The quantitative estimate of drug-likeness (QED) is 0.723. The molecule has 1 saturated carbocycles. The molecule has 1 aliphatic heterocycles. The zero-order valence-electron chi connectivity index (χ0n) is 16.2. The molecule has 1 saturated heterocycles. The van der Waals surface area contributed by atoms with Gasteiger partial charge in [-0.05, 0) is 24.3 Å². The third kappa shape index (κ3) is 5.22. The van der Waals surface area contributed by atoms with E-state index in [4.69, 9.17) is 4.74 Å². The van der Waals surface area contributed by atoms with Crippen LogP contribution >= 0.6 is 0 Å². The SMILES string of the molecule is O=C(CN1CCN(CC(O)COc2cccc3ccccc23)CC1)NC1CC1. The lowest BCUT2D eigenvalue weighted by Gasteiger charge is -2.35. The number of β-amino-alcohol motifs (C(OH)–C–C–N with tert-alkyl or cyclic N) is 1. The second-order valence-corrected chi connectivity index (χ2v) is 7.86. The van der Waals surface area contributed by atoms with Crippen LogP contribution in [0, 0.1) is 0 Å². The highest BCUT2D eigenvalue weighted by atomic mass is 16.5. The summed E-state index contributed by atoms with van der Waals surface area (Å²) in [5, 5.41) is 15.6. The molecule has 150 valence electrons. The van der Waals surface area contributed by atoms with Crippen LogP contribution in [0.15, 0.2) is 42.5 Å². The molecular formula is C22H29N3O3. The summed E-state index contributed by atoms with van der Waals surface area (Å²) < 4.78 is 5.90. The molecule has 4 rings (SSSR count). The predicted molar refractivity (Wildman–Crippen MR) is 109 cm³/mol. The molecule has 6 heteroatoms. The topological polar surface area (TPSA) is 65.0 Å². The number of benzene rings is 2. The summed E-state index contributed by atoms with van der Waals surface area (Å²) in [6.45, 7) is 4.79. The van der Waals surface area contributed by atoms with Crippen LogP contribution in [0.1, 0.15) is 12.8 Å². The first-order valence-corrected chi connectivity index (χ1v) is 10.2. The van der Waals surface area contributed by atoms with E-state index >= 15 is 0 Å². The molecule has 1 heterocycles. The Morgan fingerprint density at radius 1 is 1.07 bits per heavy atom. The maximum atomic E-state index is 11.9. The number of nitrogens with one attached hydrogen (secondary N) is 1. The zero-order chi connectivity index (χ0) is 19.3. The number of carbonyl (C=O) groups excluding carboxylic acids is 1. The number of aliphatic hydroxyl groups is 1. The number of fused-ring (bicyclic) bond motifs is 1. The van der Waals surface area contributed by atoms with Gasteiger partial charge in [0.1, 0.15) is 18.5 Å². The van der Waals surface area contributed by atoms with Crippen molar-refractivity contribution in [3.05, 3.63) is 42.5 Å². The van der Waals surface area contributed by atoms with E-state index in [-0.39, 0.29) is 12.5 Å². The summed E-state index contributed by atoms with van der Waals surface area (Å²) in [4.78, 5) is 16.3. The minimum atomic E-state index is -0.538. The Bertz CT molecular complexity index is 795. The van der Waals surface area contributed by atoms with Crippen molar-refractivity contribution in [3.63, 3.8) is 0 Å². The van der Waals surface area contributed by atoms with Crippen molar-refractivity contribution < 1.29 is 14.6 Å². The Labute approximate surface area is 166 Å². The fourth-order valence-electron chi connectivity index (χ4n) is 3.69. The third-order valence-corrected chi connectivity index (χ3v) is 5.42. The number of piperazine rings is 1. The van der Waals surface area contributed by atoms with E-state index in [1.54, 1.807) is 0 Å². The number of amides is 1. The number of aliphatic hydroxyl groups excluding tert-OH is 1. The molecule has 0 aromatic heterocycles. The Morgan fingerprint density at radius 3 is 2.57 bits per heavy atom. The van der Waals surface area contributed by atoms with E-state index in [0.29, 0.717) is 19.1 Å². The van der Waals surface area contributed by atoms with Gasteiger partial charge in [0.15, 0.2) is 0 Å². The number of carbonyl (C=O) groups is 1. The van der Waals surface area contributed by atoms with Gasteiger partial charge >= 0.3 is 0 Å². The molecule has 2 N–H and O–H groups in total. The molecule has 0 spiro atoms. The second-order valence-electron chi connectivity index (χ2n) is 7.86. The van der Waals surface area contributed by atoms with Gasteiger partial charge in [0.25, 0.3) is 0 Å². The van der Waals surface area contributed by atoms with Crippen molar-refractivity contribution in [2.45, 2.75) is 25.0 Å². The average molecular weight is 383 g/mol. The monoisotopic (exact) mass is 383 g/mol. The largest absolute Gasteiger partial charge is 0.490 e. The molecule has 2 aromatic rings. The lowest BCUT2D eigenvalue weighted by atomic mass is 10.1. The minimum Gasteiger partial charge on any atom is -0.490 e. The number of ether oxygens (including phenoxy) is 1. The van der Waals surface area contributed by atoms with Crippen molar-refractivity contribution in [2.75, 3.05) is 45.9 Å². The first-order valence-electron chi connectivity index (χ1n) is 10.2. The Balaban J connectivity index is 1.19. The molecular weight excluding hydrogens is 354 g/mol. The molecule has 2 aromatic carbocycles. The minimum absolute atomic E-state index is 0.138. The zero-order valence-corrected chi connectivity index (χ0v) is 16.2. The van der Waals surface area contributed by atoms with Crippen LogP contribution in [0.3, 0.4) is 0 Å². The van der Waals surface area contributed by atoms with Crippen molar-refractivity contribution in [1.29, 1.82) is 0 Å². The summed E-state index contributed by atoms with van der Waals surface area (Å²) in [7, 11) is 0. The van der Waals surface area contributed by atoms with Crippen LogP contribution in [0.25, 0.3) is 10.8 Å². The highest BCUT2D eigenvalue weighted by Gasteiger charge is 2.25. The Kier molecular flexibility index (Phi) is 6.10. The molecule has 1 unspecified atom stereocenters. The first-order chi connectivity index (χ1) is 13.7. The maximum absolute atomic E-state index is 11.9. The van der Waals surface area contributed by atoms with Crippen LogP contribution in [0.2, 0.25) is 0 Å². The highest BCUT2D eigenvalue weighted by Crippen LogP contribution is 2.25. The van der Waals surface area contributed by atoms with E-state index in [1.165, 1.54) is 0 Å². The summed E-state index contributed by atoms with van der Waals surface area (Å²) in [6.07, 6.45) is 1.71. The van der Waals surface area contributed by atoms with Gasteiger partial charge in [-0.2, -0.15) is 0 Å². The van der Waals surface area contributed by atoms with Crippen LogP contribution in [-0.4, -0.2) is 78.8 Å². The molecule has 0 bridgehead atoms. The van der Waals surface area contributed by atoms with Crippen molar-refractivity contribution in [1.82, 2.24) is 15.1 Å². The lowest BCUT2D eigenvalue weighted by molar-refractivity contribution is -0.122. The summed E-state index contributed by atoms with van der Waals surface area (Å²) in [6, 6.07) is 14.5. The van der Waals surface area contributed by atoms with E-state index in [0.717, 1.165) is 55.5 Å². The molecule has 2 fully saturated rings. The molecule has 0 radical (unpaired) electrons. The van der Waals surface area contributed by atoms with Gasteiger partial charge < -0.3 is 15.2 Å². The summed E-state index contributed by atoms with van der Waals surface area (Å²) in [5.41, 5.74) is 0. The molecule has 1 amide bonds. The van der Waals surface area contributed by atoms with Gasteiger partial charge in [-0.15, -0.1) is 0 Å². The molecule has 6 nitrogen and oxygen atoms in total. The standard InChI is InChI=1S/C22H29N3O3/c26-19(16-28-21-7-3-5-17-4-1-2-6-20(17)21)14-24-10-12-25(13-11-24)15-22(27)23-18-8-9-18/h1-7,18-19,26H,8-16H2,(H,23,27). The predicted octanol–water partition coefficient (Wildman–Crippen LogP) is 1.48. The third-order valence-electron chi connectivity index (χ3n) is 5.42. The van der Waals surface area contributed by atoms with Gasteiger partial charge in [-0.25, -0.2) is 0 Å². The number of rotatable bonds is 8. The fourth-order valence-corrected chi connectivity index (χ4v) is 3.69. The molecule has 28 heavy (non-hydrogen) atoms. The molecule has 1 aliphatic carbocycles. The summed E-state index contributed by atoms with van der Waals surface area (Å²) in [5.74, 6) is 0.947. The van der Waals surface area contributed by atoms with Crippen LogP contribution in [0.4, 0.5) is 0 Å². The Hall–Kier alpha value is -2.15. The van der Waals surface area contributed by atoms with Gasteiger partial charge in [-0.1, -0.05) is 36.4 Å². The van der Waals surface area contributed by atoms with Crippen molar-refractivity contribution >= 4 is 16.7 Å². The lowest BCUT2D eigenvalue weighted by Crippen LogP contribution is -2.51. The first kappa shape index (κ1) is 19.2. The maximum Gasteiger partial charge on any atom is 0.234 e. The number of hydrogen-bond donors (Lipinski definition) is 2. The second kappa shape index (κ2) is 8.90. The smallest absolute Gasteiger partial charge is 0.234 e. The van der Waals surface area contributed by atoms with Crippen LogP contribution < -0.4 is 10.1 Å². The molecule has 2 aliphatic rings. The van der Waals surface area contributed by atoms with E-state index in [2.05, 4.69) is 27.2 Å². The van der Waals surface area contributed by atoms with E-state index in [9.17, 15) is 9.90 Å². The van der Waals surface area contributed by atoms with Gasteiger partial charge in [0.2, 0.25) is 5.91 Å². The van der Waals surface area contributed by atoms with E-state index < -0.39 is 6.10 Å². The normalized spacial score (nSPS) is 19.5. The number of hydrogen-bond acceptors (Lipinski definition) is 5. The fraction of sp³-hybridized carbons (Fsp3) is 0.500. The average Bonchev–Trinajstić information content (AvgIpc) is 3.51. The van der Waals surface area contributed by atoms with Crippen molar-refractivity contribution in [3.8, 4) is 5.75 Å². The van der Waals surface area contributed by atoms with Gasteiger partial charge in [0, 0.05) is 44.2 Å². The number of nitrogens with zero attached hydrogens (tertiary/aromatic N) is 2. The summed E-state index contributed by atoms with van der Waals surface area (Å²) >= 11 is 0. The van der Waals surface area contributed by atoms with Gasteiger partial charge in [-0.3, -0.25) is 14.6 Å². The van der Waals surface area contributed by atoms with Crippen LogP contribution in [0.5, 0.6) is 5.75 Å². The highest BCUT2D eigenvalue weighted by molar-refractivity contribution is 5.88. The van der Waals surface area contributed by atoms with Crippen LogP contribution in [-0.2, 0) is 4.79 Å².